The van der Waals surface area contributed by atoms with Crippen LogP contribution in [0.15, 0.2) is 29.3 Å². The maximum Gasteiger partial charge on any atom is 0.306 e. The van der Waals surface area contributed by atoms with Crippen molar-refractivity contribution in [1.29, 1.82) is 0 Å². The first-order valence-electron chi connectivity index (χ1n) is 12.2. The molecule has 0 radical (unpaired) electrons. The minimum absolute atomic E-state index is 0.0461. The van der Waals surface area contributed by atoms with Crippen molar-refractivity contribution in [2.75, 3.05) is 40.4 Å². The third kappa shape index (κ3) is 8.81. The molecule has 0 unspecified atom stereocenters. The van der Waals surface area contributed by atoms with E-state index in [2.05, 4.69) is 10.2 Å². The second kappa shape index (κ2) is 12.9. The highest BCUT2D eigenvalue weighted by molar-refractivity contribution is 6.00. The summed E-state index contributed by atoms with van der Waals surface area (Å²) < 4.78 is 17.1. The van der Waals surface area contributed by atoms with Gasteiger partial charge in [0.2, 0.25) is 5.90 Å². The second-order valence-corrected chi connectivity index (χ2v) is 10.1. The molecule has 35 heavy (non-hydrogen) atoms. The number of carbonyl (C=O) groups excluding carboxylic acids is 2. The van der Waals surface area contributed by atoms with Gasteiger partial charge < -0.3 is 29.5 Å². The van der Waals surface area contributed by atoms with Gasteiger partial charge in [-0.3, -0.25) is 9.59 Å². The van der Waals surface area contributed by atoms with Crippen molar-refractivity contribution in [2.45, 2.75) is 70.6 Å². The van der Waals surface area contributed by atoms with Crippen molar-refractivity contribution in [1.82, 2.24) is 10.2 Å². The molecule has 1 amide bonds. The molecule has 9 heteroatoms. The SMILES string of the molecule is C[C@H]1OC(c2ccc(OCCCO)cc2)=N[C@@]1(CCC(=O)OC(C)(C)C)C(=O)NCCCN(C)C. The largest absolute Gasteiger partial charge is 0.494 e. The fourth-order valence-electron chi connectivity index (χ4n) is 3.69. The predicted molar refractivity (Wildman–Crippen MR) is 135 cm³/mol. The first kappa shape index (κ1) is 28.6. The minimum Gasteiger partial charge on any atom is -0.494 e. The first-order valence-corrected chi connectivity index (χ1v) is 12.2. The Labute approximate surface area is 208 Å². The van der Waals surface area contributed by atoms with Crippen LogP contribution >= 0.6 is 0 Å². The number of ether oxygens (including phenoxy) is 3. The maximum atomic E-state index is 13.4. The summed E-state index contributed by atoms with van der Waals surface area (Å²) in [4.78, 5) is 32.6. The number of nitrogens with one attached hydrogen (secondary N) is 1. The van der Waals surface area contributed by atoms with Gasteiger partial charge in [-0.1, -0.05) is 0 Å². The average Bonchev–Trinajstić information content (AvgIpc) is 3.12. The van der Waals surface area contributed by atoms with E-state index in [1.165, 1.54) is 0 Å². The Morgan fingerprint density at radius 2 is 1.89 bits per heavy atom. The average molecular weight is 492 g/mol. The molecule has 1 aliphatic heterocycles. The zero-order valence-corrected chi connectivity index (χ0v) is 21.9. The molecule has 1 aliphatic rings. The lowest BCUT2D eigenvalue weighted by Gasteiger charge is -2.28. The number of carbonyl (C=O) groups is 2. The van der Waals surface area contributed by atoms with E-state index < -0.39 is 17.2 Å². The van der Waals surface area contributed by atoms with Crippen molar-refractivity contribution < 1.29 is 28.9 Å². The number of aliphatic imine (C=N–C) groups is 1. The van der Waals surface area contributed by atoms with Crippen LogP contribution in [0.5, 0.6) is 5.75 Å². The molecule has 0 bridgehead atoms. The Kier molecular flexibility index (Phi) is 10.5. The molecule has 9 nitrogen and oxygen atoms in total. The number of benzene rings is 1. The predicted octanol–water partition coefficient (Wildman–Crippen LogP) is 2.54. The van der Waals surface area contributed by atoms with Crippen molar-refractivity contribution in [3.63, 3.8) is 0 Å². The third-order valence-electron chi connectivity index (χ3n) is 5.53. The van der Waals surface area contributed by atoms with E-state index in [1.807, 2.05) is 47.0 Å². The molecule has 0 spiro atoms. The Hall–Kier alpha value is -2.65. The van der Waals surface area contributed by atoms with Crippen LogP contribution in [-0.4, -0.2) is 85.4 Å². The third-order valence-corrected chi connectivity index (χ3v) is 5.53. The number of nitrogens with zero attached hydrogens (tertiary/aromatic N) is 2. The fourth-order valence-corrected chi connectivity index (χ4v) is 3.69. The number of aliphatic hydroxyl groups excluding tert-OH is 1. The number of amides is 1. The number of aliphatic hydroxyl groups is 1. The Balaban J connectivity index is 2.21. The van der Waals surface area contributed by atoms with Crippen molar-refractivity contribution >= 4 is 17.8 Å². The summed E-state index contributed by atoms with van der Waals surface area (Å²) in [5, 5.41) is 11.9. The smallest absolute Gasteiger partial charge is 0.306 e. The molecule has 0 saturated carbocycles. The lowest BCUT2D eigenvalue weighted by Crippen LogP contribution is -2.51. The van der Waals surface area contributed by atoms with Gasteiger partial charge >= 0.3 is 5.97 Å². The molecule has 2 rings (SSSR count). The molecule has 2 N–H and O–H groups in total. The first-order chi connectivity index (χ1) is 16.5. The van der Waals surface area contributed by atoms with Gasteiger partial charge in [0.25, 0.3) is 5.91 Å². The number of rotatable bonds is 13. The molecule has 2 atom stereocenters. The van der Waals surface area contributed by atoms with E-state index in [1.54, 1.807) is 19.1 Å². The van der Waals surface area contributed by atoms with Gasteiger partial charge in [0.05, 0.1) is 6.61 Å². The molecule has 0 saturated heterocycles. The van der Waals surface area contributed by atoms with Gasteiger partial charge in [0, 0.05) is 31.6 Å². The van der Waals surface area contributed by atoms with Gasteiger partial charge in [-0.05, 0) is 85.4 Å². The van der Waals surface area contributed by atoms with E-state index in [0.717, 1.165) is 13.0 Å². The highest BCUT2D eigenvalue weighted by Crippen LogP contribution is 2.34. The summed E-state index contributed by atoms with van der Waals surface area (Å²) in [6.07, 6.45) is 1.01. The lowest BCUT2D eigenvalue weighted by atomic mass is 9.87. The molecule has 0 aliphatic carbocycles. The quantitative estimate of drug-likeness (QED) is 0.322. The highest BCUT2D eigenvalue weighted by atomic mass is 16.6. The molecule has 1 heterocycles. The van der Waals surface area contributed by atoms with Crippen molar-refractivity contribution in [3.05, 3.63) is 29.8 Å². The van der Waals surface area contributed by atoms with E-state index in [0.29, 0.717) is 36.8 Å². The number of esters is 1. The summed E-state index contributed by atoms with van der Waals surface area (Å²) in [7, 11) is 3.97. The normalized spacial score (nSPS) is 19.8. The monoisotopic (exact) mass is 491 g/mol. The zero-order valence-electron chi connectivity index (χ0n) is 21.9. The van der Waals surface area contributed by atoms with Crippen LogP contribution in [0, 0.1) is 0 Å². The fraction of sp³-hybridized carbons (Fsp3) is 0.654. The van der Waals surface area contributed by atoms with E-state index in [9.17, 15) is 9.59 Å². The Bertz CT molecular complexity index is 863. The standard InChI is InChI=1S/C26H41N3O6/c1-19-26(14-13-22(31)35-25(2,3)4,24(32)27-15-7-16-29(5)6)28-23(34-19)20-9-11-21(12-10-20)33-18-8-17-30/h9-12,19,30H,7-8,13-18H2,1-6H3,(H,27,32)/t19-,26-/m1/s1. The van der Waals surface area contributed by atoms with Crippen LogP contribution in [0.4, 0.5) is 0 Å². The van der Waals surface area contributed by atoms with Crippen molar-refractivity contribution in [2.24, 2.45) is 4.99 Å². The summed E-state index contributed by atoms with van der Waals surface area (Å²) in [6, 6.07) is 7.23. The number of hydrogen-bond acceptors (Lipinski definition) is 8. The molecule has 0 aromatic heterocycles. The summed E-state index contributed by atoms with van der Waals surface area (Å²) in [5.41, 5.74) is -1.13. The second-order valence-electron chi connectivity index (χ2n) is 10.1. The number of hydrogen-bond donors (Lipinski definition) is 2. The van der Waals surface area contributed by atoms with Gasteiger partial charge in [-0.25, -0.2) is 4.99 Å². The molecular weight excluding hydrogens is 450 g/mol. The topological polar surface area (TPSA) is 110 Å². The Morgan fingerprint density at radius 3 is 2.49 bits per heavy atom. The van der Waals surface area contributed by atoms with Crippen LogP contribution in [0.2, 0.25) is 0 Å². The summed E-state index contributed by atoms with van der Waals surface area (Å²) >= 11 is 0. The minimum atomic E-state index is -1.24. The van der Waals surface area contributed by atoms with Gasteiger partial charge in [-0.15, -0.1) is 0 Å². The highest BCUT2D eigenvalue weighted by Gasteiger charge is 2.50. The molecule has 1 aromatic rings. The van der Waals surface area contributed by atoms with E-state index in [-0.39, 0.29) is 31.3 Å². The Morgan fingerprint density at radius 1 is 1.20 bits per heavy atom. The zero-order chi connectivity index (χ0) is 26.1. The van der Waals surface area contributed by atoms with Crippen LogP contribution in [0.3, 0.4) is 0 Å². The van der Waals surface area contributed by atoms with Crippen LogP contribution in [0.1, 0.15) is 58.9 Å². The summed E-state index contributed by atoms with van der Waals surface area (Å²) in [5.74, 6) is 0.388. The maximum absolute atomic E-state index is 13.4. The van der Waals surface area contributed by atoms with Crippen LogP contribution in [-0.2, 0) is 19.1 Å². The van der Waals surface area contributed by atoms with Gasteiger partial charge in [0.15, 0.2) is 5.54 Å². The van der Waals surface area contributed by atoms with Crippen molar-refractivity contribution in [3.8, 4) is 5.75 Å². The van der Waals surface area contributed by atoms with Crippen LogP contribution in [0.25, 0.3) is 0 Å². The van der Waals surface area contributed by atoms with Gasteiger partial charge in [0.1, 0.15) is 17.5 Å². The van der Waals surface area contributed by atoms with Gasteiger partial charge in [-0.2, -0.15) is 0 Å². The molecule has 1 aromatic carbocycles. The van der Waals surface area contributed by atoms with E-state index in [4.69, 9.17) is 24.3 Å². The lowest BCUT2D eigenvalue weighted by molar-refractivity contribution is -0.155. The van der Waals surface area contributed by atoms with Crippen LogP contribution < -0.4 is 10.1 Å². The molecular formula is C26H41N3O6. The molecule has 196 valence electrons. The molecule has 0 fully saturated rings. The summed E-state index contributed by atoms with van der Waals surface area (Å²) in [6.45, 7) is 9.08. The van der Waals surface area contributed by atoms with E-state index >= 15 is 0 Å².